The molecule has 0 spiro atoms. The fraction of sp³-hybridized carbons (Fsp3) is 0.500. The summed E-state index contributed by atoms with van der Waals surface area (Å²) in [6.07, 6.45) is 3.75. The molecule has 3 heterocycles. The van der Waals surface area contributed by atoms with Gasteiger partial charge >= 0.3 is 6.03 Å². The summed E-state index contributed by atoms with van der Waals surface area (Å²) in [6, 6.07) is 7.83. The Morgan fingerprint density at radius 2 is 1.95 bits per heavy atom. The summed E-state index contributed by atoms with van der Waals surface area (Å²) < 4.78 is 0. The third kappa shape index (κ3) is 1.95. The molecule has 110 valence electrons. The number of para-hydroxylation sites is 1. The van der Waals surface area contributed by atoms with Crippen LogP contribution in [-0.2, 0) is 0 Å². The van der Waals surface area contributed by atoms with Crippen molar-refractivity contribution >= 4 is 17.6 Å². The Balaban J connectivity index is 1.74. The van der Waals surface area contributed by atoms with Crippen molar-refractivity contribution in [2.45, 2.75) is 31.8 Å². The number of piperidine rings is 1. The van der Waals surface area contributed by atoms with Crippen molar-refractivity contribution in [3.63, 3.8) is 0 Å². The van der Waals surface area contributed by atoms with Gasteiger partial charge in [0, 0.05) is 18.7 Å². The molecule has 1 atom stereocenters. The maximum absolute atomic E-state index is 12.3. The average Bonchev–Trinajstić information content (AvgIpc) is 2.88. The molecule has 1 fully saturated rings. The molecule has 0 saturated carbocycles. The Morgan fingerprint density at radius 1 is 1.19 bits per heavy atom. The van der Waals surface area contributed by atoms with Crippen molar-refractivity contribution in [1.82, 2.24) is 9.80 Å². The van der Waals surface area contributed by atoms with E-state index in [9.17, 15) is 4.79 Å². The molecule has 0 aromatic heterocycles. The number of anilines is 1. The molecule has 1 saturated heterocycles. The largest absolute Gasteiger partial charge is 0.327 e. The number of hydrogen-bond donors (Lipinski definition) is 1. The van der Waals surface area contributed by atoms with E-state index in [2.05, 4.69) is 17.1 Å². The molecule has 21 heavy (non-hydrogen) atoms. The molecule has 2 amide bonds. The SMILES string of the molecule is CC1(N2CCCCC2)CN2C(=O)Nc3ccccc3C2=N1. The van der Waals surface area contributed by atoms with Crippen LogP contribution in [0.1, 0.15) is 31.7 Å². The highest BCUT2D eigenvalue weighted by atomic mass is 16.2. The van der Waals surface area contributed by atoms with E-state index in [-0.39, 0.29) is 11.7 Å². The van der Waals surface area contributed by atoms with E-state index in [4.69, 9.17) is 4.99 Å². The van der Waals surface area contributed by atoms with Crippen LogP contribution in [-0.4, -0.2) is 47.0 Å². The highest BCUT2D eigenvalue weighted by Crippen LogP contribution is 2.34. The highest BCUT2D eigenvalue weighted by Gasteiger charge is 2.45. The maximum Gasteiger partial charge on any atom is 0.327 e. The van der Waals surface area contributed by atoms with Crippen molar-refractivity contribution in [3.8, 4) is 0 Å². The predicted octanol–water partition coefficient (Wildman–Crippen LogP) is 2.50. The smallest absolute Gasteiger partial charge is 0.307 e. The quantitative estimate of drug-likeness (QED) is 0.861. The second kappa shape index (κ2) is 4.56. The first-order chi connectivity index (χ1) is 10.2. The van der Waals surface area contributed by atoms with Crippen LogP contribution in [0.3, 0.4) is 0 Å². The maximum atomic E-state index is 12.3. The second-order valence-corrected chi connectivity index (χ2v) is 6.26. The van der Waals surface area contributed by atoms with Crippen LogP contribution >= 0.6 is 0 Å². The number of likely N-dealkylation sites (tertiary alicyclic amines) is 1. The Bertz CT molecular complexity index is 620. The van der Waals surface area contributed by atoms with Crippen LogP contribution in [0, 0.1) is 0 Å². The van der Waals surface area contributed by atoms with Crippen LogP contribution in [0.25, 0.3) is 0 Å². The van der Waals surface area contributed by atoms with Crippen molar-refractivity contribution in [1.29, 1.82) is 0 Å². The molecule has 1 unspecified atom stereocenters. The van der Waals surface area contributed by atoms with E-state index in [1.807, 2.05) is 24.3 Å². The summed E-state index contributed by atoms with van der Waals surface area (Å²) >= 11 is 0. The van der Waals surface area contributed by atoms with Gasteiger partial charge in [-0.15, -0.1) is 0 Å². The van der Waals surface area contributed by atoms with Crippen LogP contribution in [0.5, 0.6) is 0 Å². The minimum Gasteiger partial charge on any atom is -0.307 e. The van der Waals surface area contributed by atoms with Gasteiger partial charge in [-0.25, -0.2) is 9.79 Å². The molecule has 3 aliphatic heterocycles. The van der Waals surface area contributed by atoms with Gasteiger partial charge in [-0.3, -0.25) is 9.80 Å². The second-order valence-electron chi connectivity index (χ2n) is 6.26. The molecule has 1 aromatic carbocycles. The zero-order valence-electron chi connectivity index (χ0n) is 12.3. The predicted molar refractivity (Wildman–Crippen MR) is 82.5 cm³/mol. The van der Waals surface area contributed by atoms with Crippen LogP contribution in [0.4, 0.5) is 10.5 Å². The molecule has 5 heteroatoms. The van der Waals surface area contributed by atoms with E-state index in [0.29, 0.717) is 6.54 Å². The Hall–Kier alpha value is -1.88. The fourth-order valence-corrected chi connectivity index (χ4v) is 3.59. The van der Waals surface area contributed by atoms with Gasteiger partial charge in [-0.2, -0.15) is 0 Å². The fourth-order valence-electron chi connectivity index (χ4n) is 3.59. The molecule has 1 aromatic rings. The van der Waals surface area contributed by atoms with Crippen molar-refractivity contribution in [2.75, 3.05) is 25.0 Å². The lowest BCUT2D eigenvalue weighted by molar-refractivity contribution is 0.0864. The molecule has 3 aliphatic rings. The topological polar surface area (TPSA) is 47.9 Å². The number of carbonyl (C=O) groups is 1. The lowest BCUT2D eigenvalue weighted by atomic mass is 10.1. The van der Waals surface area contributed by atoms with Gasteiger partial charge < -0.3 is 5.32 Å². The lowest BCUT2D eigenvalue weighted by Crippen LogP contribution is -2.52. The minimum absolute atomic E-state index is 0.0619. The molecule has 4 rings (SSSR count). The molecule has 1 N–H and O–H groups in total. The minimum atomic E-state index is -0.287. The van der Waals surface area contributed by atoms with Gasteiger partial charge in [-0.1, -0.05) is 18.6 Å². The van der Waals surface area contributed by atoms with Crippen molar-refractivity contribution in [3.05, 3.63) is 29.8 Å². The number of rotatable bonds is 1. The Morgan fingerprint density at radius 3 is 2.76 bits per heavy atom. The Kier molecular flexibility index (Phi) is 2.79. The van der Waals surface area contributed by atoms with Gasteiger partial charge in [0.2, 0.25) is 0 Å². The molecule has 0 aliphatic carbocycles. The first kappa shape index (κ1) is 12.8. The number of fused-ring (bicyclic) bond motifs is 3. The van der Waals surface area contributed by atoms with Crippen molar-refractivity contribution in [2.24, 2.45) is 4.99 Å². The average molecular weight is 284 g/mol. The van der Waals surface area contributed by atoms with Gasteiger partial charge in [0.15, 0.2) is 0 Å². The molecule has 5 nitrogen and oxygen atoms in total. The number of aliphatic imine (C=N–C) groups is 1. The van der Waals surface area contributed by atoms with E-state index in [1.165, 1.54) is 19.3 Å². The number of urea groups is 1. The summed E-state index contributed by atoms with van der Waals surface area (Å²) in [7, 11) is 0. The van der Waals surface area contributed by atoms with E-state index >= 15 is 0 Å². The number of carbonyl (C=O) groups excluding carboxylic acids is 1. The van der Waals surface area contributed by atoms with E-state index in [1.54, 1.807) is 4.90 Å². The third-order valence-electron chi connectivity index (χ3n) is 4.75. The van der Waals surface area contributed by atoms with Gasteiger partial charge in [0.25, 0.3) is 0 Å². The molecule has 0 radical (unpaired) electrons. The lowest BCUT2D eigenvalue weighted by Gasteiger charge is -2.38. The van der Waals surface area contributed by atoms with Crippen LogP contribution in [0.2, 0.25) is 0 Å². The summed E-state index contributed by atoms with van der Waals surface area (Å²) in [6.45, 7) is 4.94. The summed E-state index contributed by atoms with van der Waals surface area (Å²) in [4.78, 5) is 21.5. The van der Waals surface area contributed by atoms with Crippen LogP contribution in [0.15, 0.2) is 29.3 Å². The Labute approximate surface area is 124 Å². The first-order valence-electron chi connectivity index (χ1n) is 7.70. The van der Waals surface area contributed by atoms with E-state index in [0.717, 1.165) is 30.2 Å². The normalized spacial score (nSPS) is 28.7. The van der Waals surface area contributed by atoms with Gasteiger partial charge in [0.1, 0.15) is 11.5 Å². The van der Waals surface area contributed by atoms with Gasteiger partial charge in [0.05, 0.1) is 12.2 Å². The zero-order valence-corrected chi connectivity index (χ0v) is 12.3. The number of nitrogens with one attached hydrogen (secondary N) is 1. The molecule has 0 bridgehead atoms. The monoisotopic (exact) mass is 284 g/mol. The number of benzene rings is 1. The summed E-state index contributed by atoms with van der Waals surface area (Å²) in [5.74, 6) is 0.822. The number of hydrogen-bond acceptors (Lipinski definition) is 3. The van der Waals surface area contributed by atoms with E-state index < -0.39 is 0 Å². The van der Waals surface area contributed by atoms with Crippen LogP contribution < -0.4 is 5.32 Å². The molecular formula is C16H20N4O. The number of amidine groups is 1. The molecular weight excluding hydrogens is 264 g/mol. The standard InChI is InChI=1S/C16H20N4O/c1-16(19-9-5-2-6-10-19)11-20-14(18-16)12-7-3-4-8-13(12)17-15(20)21/h3-4,7-8H,2,5-6,9-11H2,1H3,(H,17,21). The number of nitrogens with zero attached hydrogens (tertiary/aromatic N) is 3. The third-order valence-corrected chi connectivity index (χ3v) is 4.75. The highest BCUT2D eigenvalue weighted by molar-refractivity contribution is 6.19. The van der Waals surface area contributed by atoms with Crippen molar-refractivity contribution < 1.29 is 4.79 Å². The zero-order chi connectivity index (χ0) is 14.4. The number of amides is 2. The first-order valence-corrected chi connectivity index (χ1v) is 7.70. The summed E-state index contributed by atoms with van der Waals surface area (Å²) in [5, 5.41) is 2.96. The summed E-state index contributed by atoms with van der Waals surface area (Å²) in [5.41, 5.74) is 1.60. The van der Waals surface area contributed by atoms with Gasteiger partial charge in [-0.05, 0) is 31.9 Å².